The summed E-state index contributed by atoms with van der Waals surface area (Å²) in [4.78, 5) is 13.7. The molecule has 0 fully saturated rings. The zero-order chi connectivity index (χ0) is 24.2. The van der Waals surface area contributed by atoms with Crippen LogP contribution < -0.4 is 0 Å². The highest BCUT2D eigenvalue weighted by atomic mass is 16.5. The first-order valence-electron chi connectivity index (χ1n) is 13.0. The SMILES string of the molecule is C=C(C)C(=O)OCCN(CC(O)COCCCCCCCCCCCCCC)C(C)(C)C. The first-order chi connectivity index (χ1) is 15.2. The second kappa shape index (κ2) is 19.5. The van der Waals surface area contributed by atoms with Crippen LogP contribution in [0.2, 0.25) is 0 Å². The molecule has 5 heteroatoms. The fraction of sp³-hybridized carbons (Fsp3) is 0.889. The molecule has 0 saturated carbocycles. The quantitative estimate of drug-likeness (QED) is 0.125. The number of esters is 1. The van der Waals surface area contributed by atoms with Crippen molar-refractivity contribution >= 4 is 5.97 Å². The average molecular weight is 456 g/mol. The van der Waals surface area contributed by atoms with Gasteiger partial charge in [-0.25, -0.2) is 4.79 Å². The molecule has 0 aromatic heterocycles. The molecular formula is C27H53NO4. The Morgan fingerprint density at radius 3 is 1.88 bits per heavy atom. The third-order valence-electron chi connectivity index (χ3n) is 5.78. The molecular weight excluding hydrogens is 402 g/mol. The Labute approximate surface area is 198 Å². The Morgan fingerprint density at radius 2 is 1.41 bits per heavy atom. The summed E-state index contributed by atoms with van der Waals surface area (Å²) in [5.41, 5.74) is 0.269. The van der Waals surface area contributed by atoms with Gasteiger partial charge in [0.1, 0.15) is 6.61 Å². The van der Waals surface area contributed by atoms with Crippen LogP contribution in [0.25, 0.3) is 0 Å². The molecule has 0 aliphatic carbocycles. The summed E-state index contributed by atoms with van der Waals surface area (Å²) in [5, 5.41) is 10.4. The van der Waals surface area contributed by atoms with Crippen LogP contribution in [0.4, 0.5) is 0 Å². The van der Waals surface area contributed by atoms with Crippen LogP contribution in [0.3, 0.4) is 0 Å². The summed E-state index contributed by atoms with van der Waals surface area (Å²) in [6, 6.07) is 0. The molecule has 0 aliphatic rings. The Kier molecular flexibility index (Phi) is 19.0. The predicted molar refractivity (Wildman–Crippen MR) is 135 cm³/mol. The summed E-state index contributed by atoms with van der Waals surface area (Å²) in [6.07, 6.45) is 15.4. The van der Waals surface area contributed by atoms with Crippen LogP contribution in [-0.4, -0.2) is 60.5 Å². The Morgan fingerprint density at radius 1 is 0.906 bits per heavy atom. The minimum atomic E-state index is -0.552. The highest BCUT2D eigenvalue weighted by Gasteiger charge is 2.24. The normalized spacial score (nSPS) is 12.8. The van der Waals surface area contributed by atoms with E-state index in [1.165, 1.54) is 70.6 Å². The predicted octanol–water partition coefficient (Wildman–Crippen LogP) is 6.28. The van der Waals surface area contributed by atoms with E-state index in [2.05, 4.69) is 39.2 Å². The molecule has 0 bridgehead atoms. The van der Waals surface area contributed by atoms with Gasteiger partial charge in [0.05, 0.1) is 12.7 Å². The molecule has 0 spiro atoms. The third-order valence-corrected chi connectivity index (χ3v) is 5.78. The monoisotopic (exact) mass is 455 g/mol. The van der Waals surface area contributed by atoms with E-state index in [1.807, 2.05) is 0 Å². The molecule has 0 aliphatic heterocycles. The number of hydrogen-bond donors (Lipinski definition) is 1. The van der Waals surface area contributed by atoms with E-state index in [9.17, 15) is 9.90 Å². The minimum Gasteiger partial charge on any atom is -0.461 e. The van der Waals surface area contributed by atoms with E-state index in [0.717, 1.165) is 6.42 Å². The number of β-amino-alcohol motifs (C(OH)–C–C–N with tert-alkyl or cyclic N) is 1. The van der Waals surface area contributed by atoms with Gasteiger partial charge in [0.15, 0.2) is 0 Å². The van der Waals surface area contributed by atoms with E-state index in [-0.39, 0.29) is 18.1 Å². The van der Waals surface area contributed by atoms with E-state index in [1.54, 1.807) is 6.92 Å². The molecule has 190 valence electrons. The highest BCUT2D eigenvalue weighted by Crippen LogP contribution is 2.14. The maximum atomic E-state index is 11.5. The lowest BCUT2D eigenvalue weighted by Gasteiger charge is -2.36. The number of rotatable bonds is 21. The Hall–Kier alpha value is -0.910. The smallest absolute Gasteiger partial charge is 0.333 e. The number of aliphatic hydroxyl groups excluding tert-OH is 1. The first-order valence-corrected chi connectivity index (χ1v) is 13.0. The third kappa shape index (κ3) is 18.6. The summed E-state index contributed by atoms with van der Waals surface area (Å²) < 4.78 is 10.9. The number of carbonyl (C=O) groups is 1. The molecule has 0 heterocycles. The van der Waals surface area contributed by atoms with Crippen molar-refractivity contribution in [3.63, 3.8) is 0 Å². The van der Waals surface area contributed by atoms with Crippen LogP contribution in [-0.2, 0) is 14.3 Å². The van der Waals surface area contributed by atoms with Gasteiger partial charge in [-0.15, -0.1) is 0 Å². The summed E-state index contributed by atoms with van der Waals surface area (Å²) in [5.74, 6) is -0.370. The van der Waals surface area contributed by atoms with Crippen molar-refractivity contribution in [1.82, 2.24) is 4.90 Å². The number of nitrogens with zero attached hydrogens (tertiary/aromatic N) is 1. The van der Waals surface area contributed by atoms with E-state index in [0.29, 0.717) is 31.9 Å². The molecule has 0 rings (SSSR count). The van der Waals surface area contributed by atoms with Crippen molar-refractivity contribution in [3.8, 4) is 0 Å². The summed E-state index contributed by atoms with van der Waals surface area (Å²) in [7, 11) is 0. The van der Waals surface area contributed by atoms with Crippen LogP contribution in [0.15, 0.2) is 12.2 Å². The van der Waals surface area contributed by atoms with Gasteiger partial charge < -0.3 is 14.6 Å². The van der Waals surface area contributed by atoms with E-state index in [4.69, 9.17) is 9.47 Å². The summed E-state index contributed by atoms with van der Waals surface area (Å²) >= 11 is 0. The number of unbranched alkanes of at least 4 members (excludes halogenated alkanes) is 11. The van der Waals surface area contributed by atoms with Gasteiger partial charge >= 0.3 is 5.97 Å². The zero-order valence-electron chi connectivity index (χ0n) is 21.9. The number of carbonyl (C=O) groups excluding carboxylic acids is 1. The second-order valence-corrected chi connectivity index (χ2v) is 10.2. The fourth-order valence-corrected chi connectivity index (χ4v) is 3.64. The Bertz CT molecular complexity index is 473. The first kappa shape index (κ1) is 31.1. The van der Waals surface area contributed by atoms with Gasteiger partial charge in [0.25, 0.3) is 0 Å². The molecule has 1 atom stereocenters. The molecule has 1 N–H and O–H groups in total. The van der Waals surface area contributed by atoms with Crippen LogP contribution in [0.5, 0.6) is 0 Å². The number of aliphatic hydroxyl groups is 1. The lowest BCUT2D eigenvalue weighted by atomic mass is 10.1. The molecule has 0 aromatic rings. The number of hydrogen-bond acceptors (Lipinski definition) is 5. The van der Waals surface area contributed by atoms with Crippen LogP contribution >= 0.6 is 0 Å². The van der Waals surface area contributed by atoms with E-state index < -0.39 is 6.10 Å². The molecule has 0 amide bonds. The van der Waals surface area contributed by atoms with Crippen LogP contribution in [0.1, 0.15) is 112 Å². The lowest BCUT2D eigenvalue weighted by molar-refractivity contribution is -0.139. The number of ether oxygens (including phenoxy) is 2. The van der Waals surface area contributed by atoms with Gasteiger partial charge in [-0.2, -0.15) is 0 Å². The lowest BCUT2D eigenvalue weighted by Crippen LogP contribution is -2.48. The highest BCUT2D eigenvalue weighted by molar-refractivity contribution is 5.86. The topological polar surface area (TPSA) is 59.0 Å². The largest absolute Gasteiger partial charge is 0.461 e. The van der Waals surface area contributed by atoms with Crippen molar-refractivity contribution in [2.24, 2.45) is 0 Å². The molecule has 5 nitrogen and oxygen atoms in total. The maximum Gasteiger partial charge on any atom is 0.333 e. The van der Waals surface area contributed by atoms with Crippen molar-refractivity contribution < 1.29 is 19.4 Å². The fourth-order valence-electron chi connectivity index (χ4n) is 3.64. The molecule has 0 radical (unpaired) electrons. The molecule has 32 heavy (non-hydrogen) atoms. The summed E-state index contributed by atoms with van der Waals surface area (Å²) in [6.45, 7) is 16.2. The maximum absolute atomic E-state index is 11.5. The van der Waals surface area contributed by atoms with Gasteiger partial charge in [0, 0.05) is 30.8 Å². The van der Waals surface area contributed by atoms with Gasteiger partial charge in [-0.3, -0.25) is 4.90 Å². The second-order valence-electron chi connectivity index (χ2n) is 10.2. The van der Waals surface area contributed by atoms with Gasteiger partial charge in [0.2, 0.25) is 0 Å². The van der Waals surface area contributed by atoms with Crippen molar-refractivity contribution in [2.45, 2.75) is 123 Å². The standard InChI is InChI=1S/C27H53NO4/c1-7-8-9-10-11-12-13-14-15-16-17-18-20-31-23-25(29)22-28(27(4,5)6)19-21-32-26(30)24(2)3/h25,29H,2,7-23H2,1,3-6H3. The Balaban J connectivity index is 3.74. The molecule has 0 aromatic carbocycles. The molecule has 1 unspecified atom stereocenters. The van der Waals surface area contributed by atoms with Crippen molar-refractivity contribution in [2.75, 3.05) is 32.9 Å². The average Bonchev–Trinajstić information content (AvgIpc) is 2.72. The van der Waals surface area contributed by atoms with E-state index >= 15 is 0 Å². The van der Waals surface area contributed by atoms with Crippen LogP contribution in [0, 0.1) is 0 Å². The zero-order valence-corrected chi connectivity index (χ0v) is 21.9. The van der Waals surface area contributed by atoms with Gasteiger partial charge in [-0.05, 0) is 34.1 Å². The van der Waals surface area contributed by atoms with Crippen molar-refractivity contribution in [1.29, 1.82) is 0 Å². The van der Waals surface area contributed by atoms with Gasteiger partial charge in [-0.1, -0.05) is 84.1 Å². The molecule has 0 saturated heterocycles. The van der Waals surface area contributed by atoms with Crippen molar-refractivity contribution in [3.05, 3.63) is 12.2 Å². The minimum absolute atomic E-state index is 0.133.